The molecule has 2 aromatic rings. The zero-order valence-electron chi connectivity index (χ0n) is 8.48. The second kappa shape index (κ2) is 4.76. The zero-order valence-corrected chi connectivity index (χ0v) is 10.1. The van der Waals surface area contributed by atoms with E-state index in [0.29, 0.717) is 6.54 Å². The first kappa shape index (κ1) is 11.3. The molecule has 0 aliphatic rings. The average molecular weight is 284 g/mol. The fraction of sp³-hybridized carbons (Fsp3) is 0.182. The van der Waals surface area contributed by atoms with Gasteiger partial charge >= 0.3 is 0 Å². The van der Waals surface area contributed by atoms with Crippen LogP contribution in [0.25, 0.3) is 0 Å². The van der Waals surface area contributed by atoms with Crippen LogP contribution in [0.2, 0.25) is 0 Å². The maximum absolute atomic E-state index is 13.0. The molecule has 1 aromatic heterocycles. The molecule has 0 bridgehead atoms. The normalized spacial score (nSPS) is 12.7. The van der Waals surface area contributed by atoms with E-state index in [1.54, 1.807) is 16.9 Å². The fourth-order valence-electron chi connectivity index (χ4n) is 1.48. The van der Waals surface area contributed by atoms with Gasteiger partial charge in [0.05, 0.1) is 17.2 Å². The molecule has 0 amide bonds. The van der Waals surface area contributed by atoms with Gasteiger partial charge in [-0.2, -0.15) is 5.10 Å². The van der Waals surface area contributed by atoms with Gasteiger partial charge in [-0.25, -0.2) is 4.39 Å². The third-order valence-electron chi connectivity index (χ3n) is 2.26. The number of halogens is 2. The number of nitrogens with two attached hydrogens (primary N) is 1. The zero-order chi connectivity index (χ0) is 11.5. The summed E-state index contributed by atoms with van der Waals surface area (Å²) in [5, 5.41) is 4.10. The summed E-state index contributed by atoms with van der Waals surface area (Å²) < 4.78 is 15.6. The summed E-state index contributed by atoms with van der Waals surface area (Å²) in [4.78, 5) is 0. The van der Waals surface area contributed by atoms with E-state index in [1.165, 1.54) is 12.1 Å². The standard InChI is InChI=1S/C11H11BrFN3/c12-9-5-15-16(6-9)7-11(14)8-2-1-3-10(13)4-8/h1-6,11H,7,14H2. The highest BCUT2D eigenvalue weighted by atomic mass is 79.9. The first-order valence-corrected chi connectivity index (χ1v) is 5.63. The molecule has 1 unspecified atom stereocenters. The van der Waals surface area contributed by atoms with Crippen molar-refractivity contribution in [2.75, 3.05) is 0 Å². The minimum atomic E-state index is -0.269. The van der Waals surface area contributed by atoms with Crippen LogP contribution >= 0.6 is 15.9 Å². The van der Waals surface area contributed by atoms with Gasteiger partial charge in [-0.05, 0) is 33.6 Å². The van der Waals surface area contributed by atoms with Crippen LogP contribution in [0.1, 0.15) is 11.6 Å². The van der Waals surface area contributed by atoms with Crippen molar-refractivity contribution in [3.63, 3.8) is 0 Å². The highest BCUT2D eigenvalue weighted by Gasteiger charge is 2.08. The minimum Gasteiger partial charge on any atom is -0.322 e. The maximum atomic E-state index is 13.0. The number of rotatable bonds is 3. The number of nitrogens with zero attached hydrogens (tertiary/aromatic N) is 2. The van der Waals surface area contributed by atoms with Crippen LogP contribution < -0.4 is 5.73 Å². The third-order valence-corrected chi connectivity index (χ3v) is 2.67. The summed E-state index contributed by atoms with van der Waals surface area (Å²) in [7, 11) is 0. The largest absolute Gasteiger partial charge is 0.322 e. The number of hydrogen-bond donors (Lipinski definition) is 1. The van der Waals surface area contributed by atoms with Gasteiger partial charge < -0.3 is 5.73 Å². The van der Waals surface area contributed by atoms with Crippen LogP contribution in [0.3, 0.4) is 0 Å². The summed E-state index contributed by atoms with van der Waals surface area (Å²) >= 11 is 3.31. The smallest absolute Gasteiger partial charge is 0.123 e. The summed E-state index contributed by atoms with van der Waals surface area (Å²) in [5.41, 5.74) is 6.73. The molecule has 5 heteroatoms. The van der Waals surface area contributed by atoms with E-state index in [0.717, 1.165) is 10.0 Å². The average Bonchev–Trinajstić information content (AvgIpc) is 2.64. The monoisotopic (exact) mass is 283 g/mol. The molecule has 2 N–H and O–H groups in total. The quantitative estimate of drug-likeness (QED) is 0.941. The first-order chi connectivity index (χ1) is 7.65. The Morgan fingerprint density at radius 3 is 2.94 bits per heavy atom. The lowest BCUT2D eigenvalue weighted by molar-refractivity contribution is 0.524. The number of aromatic nitrogens is 2. The van der Waals surface area contributed by atoms with Crippen LogP contribution in [-0.2, 0) is 6.54 Å². The molecule has 1 heterocycles. The molecular formula is C11H11BrFN3. The van der Waals surface area contributed by atoms with Crippen molar-refractivity contribution in [3.05, 3.63) is 52.5 Å². The van der Waals surface area contributed by atoms with Crippen LogP contribution in [0.15, 0.2) is 41.1 Å². The lowest BCUT2D eigenvalue weighted by atomic mass is 10.1. The molecule has 0 aliphatic heterocycles. The van der Waals surface area contributed by atoms with Crippen molar-refractivity contribution in [1.82, 2.24) is 9.78 Å². The van der Waals surface area contributed by atoms with Crippen LogP contribution in [0.5, 0.6) is 0 Å². The Bertz CT molecular complexity index is 484. The summed E-state index contributed by atoms with van der Waals surface area (Å²) in [6.45, 7) is 0.523. The molecule has 0 saturated carbocycles. The maximum Gasteiger partial charge on any atom is 0.123 e. The Labute approximate surface area is 101 Å². The van der Waals surface area contributed by atoms with Gasteiger partial charge in [0.1, 0.15) is 5.82 Å². The SMILES string of the molecule is NC(Cn1cc(Br)cn1)c1cccc(F)c1. The lowest BCUT2D eigenvalue weighted by Crippen LogP contribution is -2.18. The highest BCUT2D eigenvalue weighted by Crippen LogP contribution is 2.15. The molecule has 0 radical (unpaired) electrons. The molecule has 1 aromatic carbocycles. The predicted molar refractivity (Wildman–Crippen MR) is 63.3 cm³/mol. The van der Waals surface area contributed by atoms with E-state index >= 15 is 0 Å². The van der Waals surface area contributed by atoms with Crippen molar-refractivity contribution >= 4 is 15.9 Å². The van der Waals surface area contributed by atoms with E-state index < -0.39 is 0 Å². The van der Waals surface area contributed by atoms with Crippen LogP contribution in [0, 0.1) is 5.82 Å². The van der Waals surface area contributed by atoms with Gasteiger partial charge in [0.2, 0.25) is 0 Å². The highest BCUT2D eigenvalue weighted by molar-refractivity contribution is 9.10. The van der Waals surface area contributed by atoms with Crippen molar-refractivity contribution in [2.24, 2.45) is 5.73 Å². The number of hydrogen-bond acceptors (Lipinski definition) is 2. The molecule has 2 rings (SSSR count). The summed E-state index contributed by atoms with van der Waals surface area (Å²) in [5.74, 6) is -0.269. The Balaban J connectivity index is 2.11. The Morgan fingerprint density at radius 1 is 1.50 bits per heavy atom. The fourth-order valence-corrected chi connectivity index (χ4v) is 1.81. The van der Waals surface area contributed by atoms with Crippen LogP contribution in [-0.4, -0.2) is 9.78 Å². The second-order valence-corrected chi connectivity index (χ2v) is 4.46. The van der Waals surface area contributed by atoms with Gasteiger partial charge in [0.25, 0.3) is 0 Å². The Kier molecular flexibility index (Phi) is 3.36. The van der Waals surface area contributed by atoms with Crippen molar-refractivity contribution < 1.29 is 4.39 Å². The lowest BCUT2D eigenvalue weighted by Gasteiger charge is -2.11. The first-order valence-electron chi connectivity index (χ1n) is 4.84. The van der Waals surface area contributed by atoms with Crippen molar-refractivity contribution in [1.29, 1.82) is 0 Å². The number of benzene rings is 1. The molecule has 1 atom stereocenters. The van der Waals surface area contributed by atoms with E-state index in [-0.39, 0.29) is 11.9 Å². The van der Waals surface area contributed by atoms with Gasteiger partial charge in [0.15, 0.2) is 0 Å². The molecular weight excluding hydrogens is 273 g/mol. The van der Waals surface area contributed by atoms with Gasteiger partial charge in [0, 0.05) is 12.2 Å². The molecule has 16 heavy (non-hydrogen) atoms. The van der Waals surface area contributed by atoms with E-state index in [1.807, 2.05) is 12.3 Å². The van der Waals surface area contributed by atoms with E-state index in [9.17, 15) is 4.39 Å². The topological polar surface area (TPSA) is 43.8 Å². The minimum absolute atomic E-state index is 0.262. The van der Waals surface area contributed by atoms with Gasteiger partial charge in [-0.3, -0.25) is 4.68 Å². The molecule has 0 saturated heterocycles. The Morgan fingerprint density at radius 2 is 2.31 bits per heavy atom. The van der Waals surface area contributed by atoms with E-state index in [2.05, 4.69) is 21.0 Å². The molecule has 84 valence electrons. The second-order valence-electron chi connectivity index (χ2n) is 3.54. The molecule has 0 aliphatic carbocycles. The van der Waals surface area contributed by atoms with E-state index in [4.69, 9.17) is 5.73 Å². The van der Waals surface area contributed by atoms with Gasteiger partial charge in [-0.1, -0.05) is 12.1 Å². The predicted octanol–water partition coefficient (Wildman–Crippen LogP) is 2.48. The molecule has 0 fully saturated rings. The Hall–Kier alpha value is -1.20. The third kappa shape index (κ3) is 2.68. The summed E-state index contributed by atoms with van der Waals surface area (Å²) in [6, 6.07) is 6.06. The van der Waals surface area contributed by atoms with Crippen molar-refractivity contribution in [3.8, 4) is 0 Å². The summed E-state index contributed by atoms with van der Waals surface area (Å²) in [6.07, 6.45) is 3.53. The van der Waals surface area contributed by atoms with Crippen molar-refractivity contribution in [2.45, 2.75) is 12.6 Å². The molecule has 0 spiro atoms. The molecule has 3 nitrogen and oxygen atoms in total. The van der Waals surface area contributed by atoms with Gasteiger partial charge in [-0.15, -0.1) is 0 Å². The van der Waals surface area contributed by atoms with Crippen LogP contribution in [0.4, 0.5) is 4.39 Å².